The topological polar surface area (TPSA) is 12.4 Å². The second-order valence-corrected chi connectivity index (χ2v) is 4.33. The van der Waals surface area contributed by atoms with Gasteiger partial charge in [0.25, 0.3) is 0 Å². The number of benzene rings is 1. The lowest BCUT2D eigenvalue weighted by Gasteiger charge is -2.30. The lowest BCUT2D eigenvalue weighted by Crippen LogP contribution is -2.28. The van der Waals surface area contributed by atoms with Gasteiger partial charge in [-0.15, -0.1) is 0 Å². The molecule has 0 fully saturated rings. The van der Waals surface area contributed by atoms with Crippen LogP contribution in [0, 0.1) is 0 Å². The molecule has 1 nitrogen and oxygen atoms in total. The fourth-order valence-corrected chi connectivity index (χ4v) is 1.88. The first kappa shape index (κ1) is 8.49. The lowest BCUT2D eigenvalue weighted by molar-refractivity contribution is 0.532. The normalized spacial score (nSPS) is 19.2. The van der Waals surface area contributed by atoms with Gasteiger partial charge in [-0.1, -0.05) is 38.1 Å². The second kappa shape index (κ2) is 2.69. The van der Waals surface area contributed by atoms with E-state index >= 15 is 0 Å². The third kappa shape index (κ3) is 1.28. The fraction of sp³-hybridized carbons (Fsp3) is 0.417. The maximum atomic E-state index is 4.54. The molecule has 0 amide bonds. The molecule has 1 aliphatic heterocycles. The summed E-state index contributed by atoms with van der Waals surface area (Å²) in [6.45, 7) is 7.51. The highest BCUT2D eigenvalue weighted by Gasteiger charge is 2.26. The van der Waals surface area contributed by atoms with Crippen molar-refractivity contribution < 1.29 is 0 Å². The highest BCUT2D eigenvalue weighted by atomic mass is 14.8. The third-order valence-electron chi connectivity index (χ3n) is 2.76. The van der Waals surface area contributed by atoms with Crippen molar-refractivity contribution in [2.24, 2.45) is 4.99 Å². The Labute approximate surface area is 79.5 Å². The van der Waals surface area contributed by atoms with Crippen LogP contribution in [0.4, 0.5) is 0 Å². The first-order valence-corrected chi connectivity index (χ1v) is 4.72. The van der Waals surface area contributed by atoms with Crippen LogP contribution in [0.5, 0.6) is 0 Å². The molecule has 0 N–H and O–H groups in total. The molecule has 0 bridgehead atoms. The van der Waals surface area contributed by atoms with Crippen molar-refractivity contribution in [3.8, 4) is 0 Å². The van der Waals surface area contributed by atoms with Crippen LogP contribution in [-0.2, 0) is 5.41 Å². The van der Waals surface area contributed by atoms with E-state index in [9.17, 15) is 0 Å². The van der Waals surface area contributed by atoms with E-state index in [0.29, 0.717) is 0 Å². The third-order valence-corrected chi connectivity index (χ3v) is 2.76. The molecular weight excluding hydrogens is 158 g/mol. The summed E-state index contributed by atoms with van der Waals surface area (Å²) in [5.74, 6) is 0. The van der Waals surface area contributed by atoms with Crippen LogP contribution in [0.2, 0.25) is 0 Å². The predicted molar refractivity (Wildman–Crippen MR) is 56.5 cm³/mol. The van der Waals surface area contributed by atoms with Crippen molar-refractivity contribution in [2.75, 3.05) is 6.54 Å². The summed E-state index contributed by atoms with van der Waals surface area (Å²) >= 11 is 0. The maximum Gasteiger partial charge on any atom is 0.0484 e. The molecule has 0 saturated heterocycles. The second-order valence-electron chi connectivity index (χ2n) is 4.33. The molecule has 0 atom stereocenters. The van der Waals surface area contributed by atoms with Gasteiger partial charge in [0.2, 0.25) is 0 Å². The SMILES string of the molecule is CC1=NCC(C)(C)c2ccccc21. The van der Waals surface area contributed by atoms with Gasteiger partial charge in [-0.3, -0.25) is 4.99 Å². The van der Waals surface area contributed by atoms with E-state index in [0.717, 1.165) is 6.54 Å². The summed E-state index contributed by atoms with van der Waals surface area (Å²) in [6, 6.07) is 8.57. The average Bonchev–Trinajstić information content (AvgIpc) is 2.13. The number of nitrogens with zero attached hydrogens (tertiary/aromatic N) is 1. The number of aliphatic imine (C=N–C) groups is 1. The minimum atomic E-state index is 0.204. The summed E-state index contributed by atoms with van der Waals surface area (Å²) in [5, 5.41) is 0. The summed E-state index contributed by atoms with van der Waals surface area (Å²) in [5.41, 5.74) is 4.13. The van der Waals surface area contributed by atoms with Crippen molar-refractivity contribution >= 4 is 5.71 Å². The molecule has 0 unspecified atom stereocenters. The van der Waals surface area contributed by atoms with Gasteiger partial charge >= 0.3 is 0 Å². The first-order chi connectivity index (χ1) is 6.11. The zero-order valence-corrected chi connectivity index (χ0v) is 8.46. The molecule has 68 valence electrons. The van der Waals surface area contributed by atoms with E-state index in [4.69, 9.17) is 0 Å². The van der Waals surface area contributed by atoms with Crippen LogP contribution >= 0.6 is 0 Å². The van der Waals surface area contributed by atoms with Crippen LogP contribution < -0.4 is 0 Å². The molecule has 1 aromatic rings. The zero-order chi connectivity index (χ0) is 9.47. The standard InChI is InChI=1S/C12H15N/c1-9-10-6-4-5-7-11(10)12(2,3)8-13-9/h4-7H,8H2,1-3H3. The number of rotatable bonds is 0. The molecule has 0 aromatic heterocycles. The molecule has 0 saturated carbocycles. The van der Waals surface area contributed by atoms with Crippen molar-refractivity contribution in [2.45, 2.75) is 26.2 Å². The van der Waals surface area contributed by atoms with E-state index in [1.165, 1.54) is 16.8 Å². The van der Waals surface area contributed by atoms with Gasteiger partial charge in [-0.2, -0.15) is 0 Å². The highest BCUT2D eigenvalue weighted by molar-refractivity contribution is 6.01. The summed E-state index contributed by atoms with van der Waals surface area (Å²) in [4.78, 5) is 4.54. The maximum absolute atomic E-state index is 4.54. The van der Waals surface area contributed by atoms with Crippen LogP contribution in [0.1, 0.15) is 31.9 Å². The Kier molecular flexibility index (Phi) is 1.76. The van der Waals surface area contributed by atoms with Gasteiger partial charge in [0, 0.05) is 17.7 Å². The van der Waals surface area contributed by atoms with Gasteiger partial charge < -0.3 is 0 Å². The molecule has 0 aliphatic carbocycles. The molecule has 1 heterocycles. The van der Waals surface area contributed by atoms with Crippen LogP contribution in [0.3, 0.4) is 0 Å². The van der Waals surface area contributed by atoms with E-state index < -0.39 is 0 Å². The van der Waals surface area contributed by atoms with E-state index in [2.05, 4.69) is 50.0 Å². The van der Waals surface area contributed by atoms with Crippen LogP contribution in [0.25, 0.3) is 0 Å². The zero-order valence-electron chi connectivity index (χ0n) is 8.46. The minimum absolute atomic E-state index is 0.204. The molecule has 13 heavy (non-hydrogen) atoms. The molecule has 1 aromatic carbocycles. The molecule has 0 radical (unpaired) electrons. The van der Waals surface area contributed by atoms with Crippen LogP contribution in [-0.4, -0.2) is 12.3 Å². The Morgan fingerprint density at radius 1 is 1.23 bits per heavy atom. The average molecular weight is 173 g/mol. The van der Waals surface area contributed by atoms with E-state index in [1.807, 2.05) is 0 Å². The Bertz CT molecular complexity index is 361. The van der Waals surface area contributed by atoms with Crippen molar-refractivity contribution in [1.29, 1.82) is 0 Å². The summed E-state index contributed by atoms with van der Waals surface area (Å²) in [6.07, 6.45) is 0. The van der Waals surface area contributed by atoms with Gasteiger partial charge in [0.15, 0.2) is 0 Å². The van der Waals surface area contributed by atoms with Gasteiger partial charge in [0.1, 0.15) is 0 Å². The largest absolute Gasteiger partial charge is 0.289 e. The Morgan fingerprint density at radius 3 is 2.62 bits per heavy atom. The smallest absolute Gasteiger partial charge is 0.0484 e. The van der Waals surface area contributed by atoms with E-state index in [-0.39, 0.29) is 5.41 Å². The van der Waals surface area contributed by atoms with Crippen molar-refractivity contribution in [3.05, 3.63) is 35.4 Å². The molecule has 1 heteroatoms. The minimum Gasteiger partial charge on any atom is -0.289 e. The van der Waals surface area contributed by atoms with Crippen molar-refractivity contribution in [1.82, 2.24) is 0 Å². The monoisotopic (exact) mass is 173 g/mol. The molecule has 1 aliphatic rings. The summed E-state index contributed by atoms with van der Waals surface area (Å²) in [7, 11) is 0. The predicted octanol–water partition coefficient (Wildman–Crippen LogP) is 2.79. The quantitative estimate of drug-likeness (QED) is 0.572. The van der Waals surface area contributed by atoms with Crippen LogP contribution in [0.15, 0.2) is 29.3 Å². The number of fused-ring (bicyclic) bond motifs is 1. The van der Waals surface area contributed by atoms with Gasteiger partial charge in [-0.25, -0.2) is 0 Å². The lowest BCUT2D eigenvalue weighted by atomic mass is 9.79. The van der Waals surface area contributed by atoms with Gasteiger partial charge in [0.05, 0.1) is 0 Å². The summed E-state index contributed by atoms with van der Waals surface area (Å²) < 4.78 is 0. The molecule has 0 spiro atoms. The molecular formula is C12H15N. The van der Waals surface area contributed by atoms with Crippen molar-refractivity contribution in [3.63, 3.8) is 0 Å². The van der Waals surface area contributed by atoms with Gasteiger partial charge in [-0.05, 0) is 18.1 Å². The first-order valence-electron chi connectivity index (χ1n) is 4.72. The Hall–Kier alpha value is -1.11. The molecule has 2 rings (SSSR count). The van der Waals surface area contributed by atoms with E-state index in [1.54, 1.807) is 0 Å². The number of hydrogen-bond acceptors (Lipinski definition) is 1. The highest BCUT2D eigenvalue weighted by Crippen LogP contribution is 2.30. The number of hydrogen-bond donors (Lipinski definition) is 0. The Morgan fingerprint density at radius 2 is 1.92 bits per heavy atom. The fourth-order valence-electron chi connectivity index (χ4n) is 1.88. The Balaban J connectivity index is 2.64.